The van der Waals surface area contributed by atoms with E-state index in [-0.39, 0.29) is 24.0 Å². The first kappa shape index (κ1) is 19.9. The fraction of sp³-hybridized carbons (Fsp3) is 0.176. The number of amides is 2. The number of rotatable bonds is 7. The van der Waals surface area contributed by atoms with E-state index < -0.39 is 45.9 Å². The Hall–Kier alpha value is -3.43. The predicted octanol–water partition coefficient (Wildman–Crippen LogP) is 1.77. The van der Waals surface area contributed by atoms with Crippen LogP contribution in [0.25, 0.3) is 0 Å². The largest absolute Gasteiger partial charge is 0.368 e. The van der Waals surface area contributed by atoms with Gasteiger partial charge in [0.05, 0.1) is 11.3 Å². The summed E-state index contributed by atoms with van der Waals surface area (Å²) in [6.45, 7) is 0. The highest BCUT2D eigenvalue weighted by atomic mass is 19.2. The Morgan fingerprint density at radius 1 is 1.04 bits per heavy atom. The van der Waals surface area contributed by atoms with Crippen LogP contribution >= 0.6 is 0 Å². The third-order valence-electron chi connectivity index (χ3n) is 3.67. The van der Waals surface area contributed by atoms with Crippen LogP contribution in [0.4, 0.5) is 18.9 Å². The maximum absolute atomic E-state index is 13.4. The number of primary amides is 1. The maximum atomic E-state index is 13.4. The van der Waals surface area contributed by atoms with Gasteiger partial charge in [0.2, 0.25) is 17.6 Å². The van der Waals surface area contributed by atoms with Crippen molar-refractivity contribution in [2.45, 2.75) is 18.9 Å². The number of carbonyl (C=O) groups is 2. The Kier molecular flexibility index (Phi) is 6.11. The predicted molar refractivity (Wildman–Crippen MR) is 87.9 cm³/mol. The SMILES string of the molecule is NC(=O)[C@@H](Cc1ccc(F)c([N+](=O)[O-])c1)NC(=O)Cc1ccc(F)c(F)c1. The smallest absolute Gasteiger partial charge is 0.305 e. The van der Waals surface area contributed by atoms with E-state index in [1.165, 1.54) is 12.1 Å². The van der Waals surface area contributed by atoms with Crippen LogP contribution in [0, 0.1) is 27.6 Å². The molecule has 0 aliphatic carbocycles. The van der Waals surface area contributed by atoms with Crippen molar-refractivity contribution in [1.82, 2.24) is 5.32 Å². The topological polar surface area (TPSA) is 115 Å². The summed E-state index contributed by atoms with van der Waals surface area (Å²) >= 11 is 0. The Morgan fingerprint density at radius 3 is 2.26 bits per heavy atom. The van der Waals surface area contributed by atoms with E-state index >= 15 is 0 Å². The molecule has 0 radical (unpaired) electrons. The van der Waals surface area contributed by atoms with Crippen molar-refractivity contribution in [2.24, 2.45) is 5.73 Å². The number of nitrogens with one attached hydrogen (secondary N) is 1. The average molecular weight is 381 g/mol. The molecule has 0 saturated carbocycles. The monoisotopic (exact) mass is 381 g/mol. The van der Waals surface area contributed by atoms with Crippen LogP contribution in [0.5, 0.6) is 0 Å². The van der Waals surface area contributed by atoms with Gasteiger partial charge in [-0.15, -0.1) is 0 Å². The number of halogens is 3. The van der Waals surface area contributed by atoms with Gasteiger partial charge >= 0.3 is 5.69 Å². The molecule has 7 nitrogen and oxygen atoms in total. The fourth-order valence-electron chi connectivity index (χ4n) is 2.36. The summed E-state index contributed by atoms with van der Waals surface area (Å²) in [5, 5.41) is 13.1. The van der Waals surface area contributed by atoms with Crippen LogP contribution in [-0.4, -0.2) is 22.8 Å². The van der Waals surface area contributed by atoms with Crippen molar-refractivity contribution >= 4 is 17.5 Å². The summed E-state index contributed by atoms with van der Waals surface area (Å²) in [5.74, 6) is -4.83. The van der Waals surface area contributed by atoms with Crippen molar-refractivity contribution in [3.63, 3.8) is 0 Å². The summed E-state index contributed by atoms with van der Waals surface area (Å²) < 4.78 is 39.4. The molecule has 27 heavy (non-hydrogen) atoms. The maximum Gasteiger partial charge on any atom is 0.305 e. The van der Waals surface area contributed by atoms with E-state index in [0.29, 0.717) is 0 Å². The van der Waals surface area contributed by atoms with Crippen LogP contribution in [0.1, 0.15) is 11.1 Å². The summed E-state index contributed by atoms with van der Waals surface area (Å²) in [6.07, 6.45) is -0.551. The second-order valence-corrected chi connectivity index (χ2v) is 5.69. The van der Waals surface area contributed by atoms with Gasteiger partial charge in [0, 0.05) is 12.5 Å². The number of hydrogen-bond acceptors (Lipinski definition) is 4. The number of carbonyl (C=O) groups excluding carboxylic acids is 2. The number of benzene rings is 2. The molecule has 0 aliphatic heterocycles. The summed E-state index contributed by atoms with van der Waals surface area (Å²) in [7, 11) is 0. The number of nitro groups is 1. The molecule has 0 saturated heterocycles. The molecule has 0 bridgehead atoms. The average Bonchev–Trinajstić information content (AvgIpc) is 2.58. The van der Waals surface area contributed by atoms with Crippen LogP contribution in [0.15, 0.2) is 36.4 Å². The molecule has 0 spiro atoms. The zero-order valence-electron chi connectivity index (χ0n) is 13.7. The second kappa shape index (κ2) is 8.30. The van der Waals surface area contributed by atoms with Gasteiger partial charge in [-0.25, -0.2) is 8.78 Å². The molecule has 3 N–H and O–H groups in total. The van der Waals surface area contributed by atoms with Crippen molar-refractivity contribution in [3.8, 4) is 0 Å². The van der Waals surface area contributed by atoms with E-state index in [2.05, 4.69) is 5.32 Å². The molecule has 0 fully saturated rings. The van der Waals surface area contributed by atoms with Gasteiger partial charge in [-0.05, 0) is 29.3 Å². The zero-order chi connectivity index (χ0) is 20.1. The van der Waals surface area contributed by atoms with Gasteiger partial charge in [0.1, 0.15) is 6.04 Å². The van der Waals surface area contributed by atoms with Crippen LogP contribution in [0.3, 0.4) is 0 Å². The Bertz CT molecular complexity index is 905. The number of nitrogens with two attached hydrogens (primary N) is 1. The molecular formula is C17H14F3N3O4. The van der Waals surface area contributed by atoms with Gasteiger partial charge in [-0.2, -0.15) is 4.39 Å². The fourth-order valence-corrected chi connectivity index (χ4v) is 2.36. The first-order valence-electron chi connectivity index (χ1n) is 7.62. The van der Waals surface area contributed by atoms with E-state index in [1.54, 1.807) is 0 Å². The molecule has 0 aliphatic rings. The van der Waals surface area contributed by atoms with Gasteiger partial charge < -0.3 is 11.1 Å². The highest BCUT2D eigenvalue weighted by Crippen LogP contribution is 2.19. The van der Waals surface area contributed by atoms with Crippen molar-refractivity contribution in [3.05, 3.63) is 75.1 Å². The molecule has 2 aromatic rings. The Morgan fingerprint density at radius 2 is 1.67 bits per heavy atom. The minimum atomic E-state index is -1.23. The van der Waals surface area contributed by atoms with Gasteiger partial charge in [0.25, 0.3) is 0 Å². The van der Waals surface area contributed by atoms with Gasteiger partial charge in [-0.1, -0.05) is 12.1 Å². The van der Waals surface area contributed by atoms with Crippen molar-refractivity contribution in [2.75, 3.05) is 0 Å². The molecule has 142 valence electrons. The second-order valence-electron chi connectivity index (χ2n) is 5.69. The molecule has 2 aromatic carbocycles. The van der Waals surface area contributed by atoms with E-state index in [4.69, 9.17) is 5.73 Å². The minimum absolute atomic E-state index is 0.173. The number of nitro benzene ring substituents is 1. The summed E-state index contributed by atoms with van der Waals surface area (Å²) in [4.78, 5) is 33.5. The lowest BCUT2D eigenvalue weighted by atomic mass is 10.0. The molecule has 2 amide bonds. The van der Waals surface area contributed by atoms with Crippen molar-refractivity contribution < 1.29 is 27.7 Å². The standard InChI is InChI=1S/C17H14F3N3O4/c18-11-3-1-9(5-13(11)20)8-16(24)22-14(17(21)25)6-10-2-4-12(19)15(7-10)23(26)27/h1-5,7,14H,6,8H2,(H2,21,25)(H,22,24)/t14-/m1/s1. The molecular weight excluding hydrogens is 367 g/mol. The summed E-state index contributed by atoms with van der Waals surface area (Å²) in [5.41, 5.74) is 4.83. The van der Waals surface area contributed by atoms with Gasteiger partial charge in [0.15, 0.2) is 11.6 Å². The molecule has 0 heterocycles. The van der Waals surface area contributed by atoms with Crippen LogP contribution < -0.4 is 11.1 Å². The zero-order valence-corrected chi connectivity index (χ0v) is 13.7. The Labute approximate surface area is 151 Å². The lowest BCUT2D eigenvalue weighted by molar-refractivity contribution is -0.387. The molecule has 10 heteroatoms. The summed E-state index contributed by atoms with van der Waals surface area (Å²) in [6, 6.07) is 4.72. The highest BCUT2D eigenvalue weighted by Gasteiger charge is 2.21. The molecule has 2 rings (SSSR count). The third-order valence-corrected chi connectivity index (χ3v) is 3.67. The van der Waals surface area contributed by atoms with E-state index in [1.807, 2.05) is 0 Å². The third kappa shape index (κ3) is 5.27. The van der Waals surface area contributed by atoms with Crippen LogP contribution in [-0.2, 0) is 22.4 Å². The molecule has 0 aromatic heterocycles. The first-order chi connectivity index (χ1) is 12.7. The van der Waals surface area contributed by atoms with Crippen LogP contribution in [0.2, 0.25) is 0 Å². The number of hydrogen-bond donors (Lipinski definition) is 2. The lowest BCUT2D eigenvalue weighted by Crippen LogP contribution is -2.46. The van der Waals surface area contributed by atoms with E-state index in [0.717, 1.165) is 24.3 Å². The first-order valence-corrected chi connectivity index (χ1v) is 7.62. The highest BCUT2D eigenvalue weighted by molar-refractivity contribution is 5.87. The molecule has 1 atom stereocenters. The quantitative estimate of drug-likeness (QED) is 0.562. The van der Waals surface area contributed by atoms with Gasteiger partial charge in [-0.3, -0.25) is 19.7 Å². The normalized spacial score (nSPS) is 11.7. The minimum Gasteiger partial charge on any atom is -0.368 e. The lowest BCUT2D eigenvalue weighted by Gasteiger charge is -2.16. The Balaban J connectivity index is 2.10. The molecule has 0 unspecified atom stereocenters. The van der Waals surface area contributed by atoms with E-state index in [9.17, 15) is 32.9 Å². The van der Waals surface area contributed by atoms with Crippen molar-refractivity contribution in [1.29, 1.82) is 0 Å². The number of nitrogens with zero attached hydrogens (tertiary/aromatic N) is 1.